The number of hydrogen-bond donors (Lipinski definition) is 2. The van der Waals surface area contributed by atoms with Crippen LogP contribution in [-0.2, 0) is 16.6 Å². The summed E-state index contributed by atoms with van der Waals surface area (Å²) in [5.41, 5.74) is 0.971. The highest BCUT2D eigenvalue weighted by Gasteiger charge is 2.16. The minimum absolute atomic E-state index is 0.0395. The number of anilines is 1. The first-order valence-electron chi connectivity index (χ1n) is 9.02. The maximum atomic E-state index is 12.6. The summed E-state index contributed by atoms with van der Waals surface area (Å²) in [6.07, 6.45) is 1.88. The van der Waals surface area contributed by atoms with Crippen LogP contribution in [0.5, 0.6) is 0 Å². The third-order valence-corrected chi connectivity index (χ3v) is 6.54. The van der Waals surface area contributed by atoms with Gasteiger partial charge in [0.2, 0.25) is 10.0 Å². The molecule has 1 heterocycles. The van der Waals surface area contributed by atoms with E-state index in [2.05, 4.69) is 16.1 Å². The van der Waals surface area contributed by atoms with Gasteiger partial charge in [0.05, 0.1) is 29.5 Å². The molecule has 0 bridgehead atoms. The number of carbonyl (C=O) groups is 1. The lowest BCUT2D eigenvalue weighted by Gasteiger charge is -2.11. The van der Waals surface area contributed by atoms with Gasteiger partial charge in [0.15, 0.2) is 0 Å². The smallest absolute Gasteiger partial charge is 0.255 e. The van der Waals surface area contributed by atoms with Gasteiger partial charge in [-0.3, -0.25) is 4.79 Å². The molecule has 3 rings (SSSR count). The third-order valence-electron chi connectivity index (χ3n) is 4.05. The number of rotatable bonds is 9. The molecule has 1 amide bonds. The summed E-state index contributed by atoms with van der Waals surface area (Å²) in [4.78, 5) is 13.5. The first kappa shape index (κ1) is 21.6. The number of amides is 1. The van der Waals surface area contributed by atoms with Crippen molar-refractivity contribution >= 4 is 33.4 Å². The SMILES string of the molecule is N#CCCSc1ccccc1NC(=O)c1ccc(S(=O)(=O)NCc2ccco2)cc1. The maximum absolute atomic E-state index is 12.6. The average molecular weight is 442 g/mol. The summed E-state index contributed by atoms with van der Waals surface area (Å²) in [5.74, 6) is 0.776. The van der Waals surface area contributed by atoms with Crippen LogP contribution < -0.4 is 10.0 Å². The number of carbonyl (C=O) groups excluding carboxylic acids is 1. The number of nitrogens with one attached hydrogen (secondary N) is 2. The minimum atomic E-state index is -3.73. The molecule has 0 spiro atoms. The fourth-order valence-electron chi connectivity index (χ4n) is 2.54. The van der Waals surface area contributed by atoms with Crippen LogP contribution in [0.25, 0.3) is 0 Å². The molecule has 0 saturated carbocycles. The van der Waals surface area contributed by atoms with Gasteiger partial charge < -0.3 is 9.73 Å². The standard InChI is InChI=1S/C21H19N3O4S2/c22-12-4-14-29-20-7-2-1-6-19(20)24-21(25)16-8-10-18(11-9-16)30(26,27)23-15-17-5-3-13-28-17/h1-3,5-11,13,23H,4,14-15H2,(H,24,25). The molecule has 2 N–H and O–H groups in total. The Bertz CT molecular complexity index is 1140. The van der Waals surface area contributed by atoms with E-state index in [0.717, 1.165) is 4.90 Å². The summed E-state index contributed by atoms with van der Waals surface area (Å²) < 4.78 is 32.3. The molecule has 3 aromatic rings. The van der Waals surface area contributed by atoms with E-state index in [1.807, 2.05) is 18.2 Å². The lowest BCUT2D eigenvalue weighted by atomic mass is 10.2. The van der Waals surface area contributed by atoms with Crippen LogP contribution in [0.1, 0.15) is 22.5 Å². The van der Waals surface area contributed by atoms with E-state index in [4.69, 9.17) is 9.68 Å². The van der Waals surface area contributed by atoms with Gasteiger partial charge in [-0.15, -0.1) is 11.8 Å². The highest BCUT2D eigenvalue weighted by atomic mass is 32.2. The summed E-state index contributed by atoms with van der Waals surface area (Å²) in [6.45, 7) is 0.0395. The van der Waals surface area contributed by atoms with Crippen LogP contribution >= 0.6 is 11.8 Å². The van der Waals surface area contributed by atoms with Crippen molar-refractivity contribution in [1.82, 2.24) is 4.72 Å². The molecule has 1 aromatic heterocycles. The van der Waals surface area contributed by atoms with Crippen molar-refractivity contribution in [2.45, 2.75) is 22.8 Å². The van der Waals surface area contributed by atoms with E-state index in [1.165, 1.54) is 42.3 Å². The quantitative estimate of drug-likeness (QED) is 0.383. The minimum Gasteiger partial charge on any atom is -0.468 e. The molecule has 0 atom stereocenters. The molecule has 9 heteroatoms. The molecule has 0 saturated heterocycles. The van der Waals surface area contributed by atoms with Crippen LogP contribution in [-0.4, -0.2) is 20.1 Å². The van der Waals surface area contributed by atoms with Crippen molar-refractivity contribution < 1.29 is 17.6 Å². The predicted molar refractivity (Wildman–Crippen MR) is 115 cm³/mol. The van der Waals surface area contributed by atoms with Crippen molar-refractivity contribution in [2.75, 3.05) is 11.1 Å². The predicted octanol–water partition coefficient (Wildman–Crippen LogP) is 4.02. The Labute approximate surface area is 179 Å². The van der Waals surface area contributed by atoms with Gasteiger partial charge in [0.1, 0.15) is 5.76 Å². The summed E-state index contributed by atoms with van der Waals surface area (Å²) in [6, 6.07) is 18.5. The Balaban J connectivity index is 1.66. The van der Waals surface area contributed by atoms with Crippen LogP contribution in [0, 0.1) is 11.3 Å². The summed E-state index contributed by atoms with van der Waals surface area (Å²) >= 11 is 1.49. The summed E-state index contributed by atoms with van der Waals surface area (Å²) in [5, 5.41) is 11.5. The zero-order valence-corrected chi connectivity index (χ0v) is 17.5. The normalized spacial score (nSPS) is 11.0. The largest absolute Gasteiger partial charge is 0.468 e. The van der Waals surface area contributed by atoms with Crippen molar-refractivity contribution in [3.05, 3.63) is 78.3 Å². The number of sulfonamides is 1. The molecule has 30 heavy (non-hydrogen) atoms. The van der Waals surface area contributed by atoms with Gasteiger partial charge >= 0.3 is 0 Å². The zero-order chi connectivity index (χ0) is 21.4. The van der Waals surface area contributed by atoms with Gasteiger partial charge in [-0.25, -0.2) is 13.1 Å². The highest BCUT2D eigenvalue weighted by Crippen LogP contribution is 2.28. The lowest BCUT2D eigenvalue weighted by molar-refractivity contribution is 0.102. The molecule has 0 aliphatic heterocycles. The van der Waals surface area contributed by atoms with E-state index in [9.17, 15) is 13.2 Å². The van der Waals surface area contributed by atoms with Gasteiger partial charge in [-0.2, -0.15) is 5.26 Å². The third kappa shape index (κ3) is 5.73. The van der Waals surface area contributed by atoms with Crippen LogP contribution in [0.3, 0.4) is 0 Å². The average Bonchev–Trinajstić information content (AvgIpc) is 3.28. The highest BCUT2D eigenvalue weighted by molar-refractivity contribution is 7.99. The first-order valence-corrected chi connectivity index (χ1v) is 11.5. The second kappa shape index (κ2) is 10.1. The number of furan rings is 1. The van der Waals surface area contributed by atoms with Gasteiger partial charge in [0.25, 0.3) is 5.91 Å². The monoisotopic (exact) mass is 441 g/mol. The Morgan fingerprint density at radius 3 is 2.53 bits per heavy atom. The Morgan fingerprint density at radius 2 is 1.83 bits per heavy atom. The molecular weight excluding hydrogens is 422 g/mol. The van der Waals surface area contributed by atoms with Crippen LogP contribution in [0.2, 0.25) is 0 Å². The molecule has 0 fully saturated rings. The van der Waals surface area contributed by atoms with Crippen molar-refractivity contribution in [1.29, 1.82) is 5.26 Å². The molecule has 2 aromatic carbocycles. The van der Waals surface area contributed by atoms with Crippen LogP contribution in [0.15, 0.2) is 81.1 Å². The Kier molecular flexibility index (Phi) is 7.30. The van der Waals surface area contributed by atoms with E-state index < -0.39 is 10.0 Å². The number of nitriles is 1. The van der Waals surface area contributed by atoms with Gasteiger partial charge in [0, 0.05) is 22.6 Å². The lowest BCUT2D eigenvalue weighted by Crippen LogP contribution is -2.23. The number of thioether (sulfide) groups is 1. The second-order valence-electron chi connectivity index (χ2n) is 6.14. The van der Waals surface area contributed by atoms with E-state index in [1.54, 1.807) is 18.2 Å². The number of nitrogens with zero attached hydrogens (tertiary/aromatic N) is 1. The zero-order valence-electron chi connectivity index (χ0n) is 15.9. The molecule has 154 valence electrons. The van der Waals surface area contributed by atoms with Gasteiger partial charge in [-0.05, 0) is 48.5 Å². The molecule has 0 radical (unpaired) electrons. The topological polar surface area (TPSA) is 112 Å². The first-order chi connectivity index (χ1) is 14.5. The number of benzene rings is 2. The fourth-order valence-corrected chi connectivity index (χ4v) is 4.40. The van der Waals surface area contributed by atoms with E-state index in [-0.39, 0.29) is 17.3 Å². The van der Waals surface area contributed by atoms with E-state index >= 15 is 0 Å². The second-order valence-corrected chi connectivity index (χ2v) is 9.04. The molecular formula is C21H19N3O4S2. The molecule has 0 aliphatic carbocycles. The molecule has 7 nitrogen and oxygen atoms in total. The maximum Gasteiger partial charge on any atom is 0.255 e. The number of hydrogen-bond acceptors (Lipinski definition) is 6. The fraction of sp³-hybridized carbons (Fsp3) is 0.143. The van der Waals surface area contributed by atoms with Crippen molar-refractivity contribution in [2.24, 2.45) is 0 Å². The molecule has 0 unspecified atom stereocenters. The van der Waals surface area contributed by atoms with Crippen LogP contribution in [0.4, 0.5) is 5.69 Å². The van der Waals surface area contributed by atoms with Crippen molar-refractivity contribution in [3.8, 4) is 6.07 Å². The van der Waals surface area contributed by atoms with Crippen molar-refractivity contribution in [3.63, 3.8) is 0 Å². The summed E-state index contributed by atoms with van der Waals surface area (Å²) in [7, 11) is -3.73. The van der Waals surface area contributed by atoms with Gasteiger partial charge in [-0.1, -0.05) is 12.1 Å². The molecule has 0 aliphatic rings. The Morgan fingerprint density at radius 1 is 1.07 bits per heavy atom. The number of para-hydroxylation sites is 1. The van der Waals surface area contributed by atoms with E-state index in [0.29, 0.717) is 29.2 Å². The Hall–Kier alpha value is -3.06.